The molecular weight excluding hydrogens is 396 g/mol. The van der Waals surface area contributed by atoms with Gasteiger partial charge >= 0.3 is 5.97 Å². The highest BCUT2D eigenvalue weighted by molar-refractivity contribution is 9.10. The average molecular weight is 409 g/mol. The van der Waals surface area contributed by atoms with E-state index in [1.165, 1.54) is 18.4 Å². The van der Waals surface area contributed by atoms with Crippen molar-refractivity contribution < 1.29 is 18.7 Å². The Kier molecular flexibility index (Phi) is 4.96. The number of benzene rings is 1. The van der Waals surface area contributed by atoms with Crippen LogP contribution < -0.4 is 4.74 Å². The fraction of sp³-hybridized carbons (Fsp3) is 0.188. The first-order valence-corrected chi connectivity index (χ1v) is 8.67. The molecule has 0 amide bonds. The predicted octanol–water partition coefficient (Wildman–Crippen LogP) is 4.49. The standard InChI is InChI=1S/C16H13BrN2O4S/c1-9(14-18-19-15(23-14)13-4-3-7-24-13)22-16(20)11-8-10(21-2)5-6-12(11)17/h3-9H,1-2H3/t9-/m0/s1. The highest BCUT2D eigenvalue weighted by Crippen LogP contribution is 2.28. The molecule has 8 heteroatoms. The van der Waals surface area contributed by atoms with Crippen LogP contribution in [-0.4, -0.2) is 23.3 Å². The van der Waals surface area contributed by atoms with E-state index in [1.54, 1.807) is 25.1 Å². The number of esters is 1. The minimum absolute atomic E-state index is 0.241. The van der Waals surface area contributed by atoms with Crippen LogP contribution in [0.15, 0.2) is 44.6 Å². The van der Waals surface area contributed by atoms with Crippen molar-refractivity contribution in [1.82, 2.24) is 10.2 Å². The zero-order valence-corrected chi connectivity index (χ0v) is 15.3. The Balaban J connectivity index is 1.75. The zero-order chi connectivity index (χ0) is 17.1. The second-order valence-corrected chi connectivity index (χ2v) is 6.62. The number of hydrogen-bond donors (Lipinski definition) is 0. The van der Waals surface area contributed by atoms with Crippen LogP contribution in [0.2, 0.25) is 0 Å². The van der Waals surface area contributed by atoms with E-state index in [0.29, 0.717) is 21.7 Å². The monoisotopic (exact) mass is 408 g/mol. The fourth-order valence-corrected chi connectivity index (χ4v) is 3.01. The molecule has 0 saturated carbocycles. The summed E-state index contributed by atoms with van der Waals surface area (Å²) in [7, 11) is 1.53. The maximum Gasteiger partial charge on any atom is 0.340 e. The van der Waals surface area contributed by atoms with Crippen molar-refractivity contribution in [2.24, 2.45) is 0 Å². The van der Waals surface area contributed by atoms with E-state index in [0.717, 1.165) is 4.88 Å². The minimum atomic E-state index is -0.670. The SMILES string of the molecule is COc1ccc(Br)c(C(=O)O[C@@H](C)c2nnc(-c3cccs3)o2)c1. The molecule has 0 spiro atoms. The van der Waals surface area contributed by atoms with Crippen LogP contribution in [0.5, 0.6) is 5.75 Å². The molecule has 0 bridgehead atoms. The van der Waals surface area contributed by atoms with Gasteiger partial charge in [0.15, 0.2) is 6.10 Å². The van der Waals surface area contributed by atoms with Gasteiger partial charge in [-0.05, 0) is 52.5 Å². The molecule has 6 nitrogen and oxygen atoms in total. The van der Waals surface area contributed by atoms with Crippen molar-refractivity contribution in [2.45, 2.75) is 13.0 Å². The molecule has 124 valence electrons. The molecule has 0 N–H and O–H groups in total. The van der Waals surface area contributed by atoms with E-state index in [4.69, 9.17) is 13.9 Å². The molecule has 3 aromatic rings. The summed E-state index contributed by atoms with van der Waals surface area (Å²) >= 11 is 4.82. The summed E-state index contributed by atoms with van der Waals surface area (Å²) in [6.45, 7) is 1.68. The third kappa shape index (κ3) is 3.49. The minimum Gasteiger partial charge on any atom is -0.497 e. The lowest BCUT2D eigenvalue weighted by atomic mass is 10.2. The molecule has 0 aliphatic carbocycles. The Morgan fingerprint density at radius 3 is 2.88 bits per heavy atom. The zero-order valence-electron chi connectivity index (χ0n) is 12.9. The Labute approximate surface area is 150 Å². The number of thiophene rings is 1. The highest BCUT2D eigenvalue weighted by atomic mass is 79.9. The lowest BCUT2D eigenvalue weighted by Gasteiger charge is -2.11. The molecule has 0 aliphatic heterocycles. The molecule has 0 unspecified atom stereocenters. The van der Waals surface area contributed by atoms with Gasteiger partial charge in [0.1, 0.15) is 5.75 Å². The number of rotatable bonds is 5. The summed E-state index contributed by atoms with van der Waals surface area (Å²) < 4.78 is 16.7. The number of nitrogens with zero attached hydrogens (tertiary/aromatic N) is 2. The van der Waals surface area contributed by atoms with Gasteiger partial charge < -0.3 is 13.9 Å². The van der Waals surface area contributed by atoms with Crippen LogP contribution in [0, 0.1) is 0 Å². The number of aromatic nitrogens is 2. The fourth-order valence-electron chi connectivity index (χ4n) is 1.96. The second-order valence-electron chi connectivity index (χ2n) is 4.82. The Morgan fingerprint density at radius 1 is 1.33 bits per heavy atom. The van der Waals surface area contributed by atoms with Gasteiger partial charge in [0, 0.05) is 4.47 Å². The van der Waals surface area contributed by atoms with Crippen molar-refractivity contribution in [3.8, 4) is 16.5 Å². The third-order valence-corrected chi connectivity index (χ3v) is 4.75. The molecule has 0 saturated heterocycles. The number of hydrogen-bond acceptors (Lipinski definition) is 7. The molecular formula is C16H13BrN2O4S. The van der Waals surface area contributed by atoms with E-state index < -0.39 is 12.1 Å². The first kappa shape index (κ1) is 16.7. The average Bonchev–Trinajstić information content (AvgIpc) is 3.26. The van der Waals surface area contributed by atoms with E-state index in [-0.39, 0.29) is 5.89 Å². The number of methoxy groups -OCH3 is 1. The van der Waals surface area contributed by atoms with Crippen molar-refractivity contribution in [2.75, 3.05) is 7.11 Å². The summed E-state index contributed by atoms with van der Waals surface area (Å²) in [4.78, 5) is 13.2. The summed E-state index contributed by atoms with van der Waals surface area (Å²) in [6.07, 6.45) is -0.670. The van der Waals surface area contributed by atoms with Gasteiger partial charge in [-0.1, -0.05) is 6.07 Å². The molecule has 0 radical (unpaired) electrons. The normalized spacial score (nSPS) is 12.0. The van der Waals surface area contributed by atoms with E-state index >= 15 is 0 Å². The summed E-state index contributed by atoms with van der Waals surface area (Å²) in [5.41, 5.74) is 0.360. The number of halogens is 1. The van der Waals surface area contributed by atoms with Crippen LogP contribution in [0.25, 0.3) is 10.8 Å². The third-order valence-electron chi connectivity index (χ3n) is 3.20. The summed E-state index contributed by atoms with van der Waals surface area (Å²) in [6, 6.07) is 8.85. The molecule has 0 aliphatic rings. The molecule has 24 heavy (non-hydrogen) atoms. The Bertz CT molecular complexity index is 848. The smallest absolute Gasteiger partial charge is 0.340 e. The molecule has 1 atom stereocenters. The quantitative estimate of drug-likeness (QED) is 0.579. The highest BCUT2D eigenvalue weighted by Gasteiger charge is 2.21. The number of ether oxygens (including phenoxy) is 2. The summed E-state index contributed by atoms with van der Waals surface area (Å²) in [5, 5.41) is 9.85. The molecule has 2 aromatic heterocycles. The molecule has 0 fully saturated rings. The van der Waals surface area contributed by atoms with Crippen molar-refractivity contribution in [3.63, 3.8) is 0 Å². The van der Waals surface area contributed by atoms with E-state index in [9.17, 15) is 4.79 Å². The van der Waals surface area contributed by atoms with Crippen LogP contribution in [0.1, 0.15) is 29.3 Å². The van der Waals surface area contributed by atoms with Gasteiger partial charge in [0.2, 0.25) is 0 Å². The van der Waals surface area contributed by atoms with Gasteiger partial charge in [-0.15, -0.1) is 21.5 Å². The predicted molar refractivity (Wildman–Crippen MR) is 92.1 cm³/mol. The van der Waals surface area contributed by atoms with Crippen LogP contribution in [0.3, 0.4) is 0 Å². The summed E-state index contributed by atoms with van der Waals surface area (Å²) in [5.74, 6) is 0.705. The van der Waals surface area contributed by atoms with Gasteiger partial charge in [0.05, 0.1) is 17.6 Å². The number of carbonyl (C=O) groups excluding carboxylic acids is 1. The van der Waals surface area contributed by atoms with Crippen LogP contribution in [-0.2, 0) is 4.74 Å². The van der Waals surface area contributed by atoms with Gasteiger partial charge in [0.25, 0.3) is 11.8 Å². The number of carbonyl (C=O) groups is 1. The van der Waals surface area contributed by atoms with Crippen LogP contribution in [0.4, 0.5) is 0 Å². The van der Waals surface area contributed by atoms with Gasteiger partial charge in [-0.2, -0.15) is 0 Å². The van der Waals surface area contributed by atoms with Gasteiger partial charge in [-0.3, -0.25) is 0 Å². The first-order chi connectivity index (χ1) is 11.6. The Hall–Kier alpha value is -2.19. The largest absolute Gasteiger partial charge is 0.497 e. The van der Waals surface area contributed by atoms with E-state index in [2.05, 4.69) is 26.1 Å². The van der Waals surface area contributed by atoms with Crippen molar-refractivity contribution >= 4 is 33.2 Å². The maximum atomic E-state index is 12.4. The first-order valence-electron chi connectivity index (χ1n) is 7.00. The lowest BCUT2D eigenvalue weighted by Crippen LogP contribution is -2.10. The van der Waals surface area contributed by atoms with Gasteiger partial charge in [-0.25, -0.2) is 4.79 Å². The lowest BCUT2D eigenvalue weighted by molar-refractivity contribution is 0.0278. The van der Waals surface area contributed by atoms with Crippen molar-refractivity contribution in [3.05, 3.63) is 51.6 Å². The van der Waals surface area contributed by atoms with E-state index in [1.807, 2.05) is 17.5 Å². The van der Waals surface area contributed by atoms with Crippen LogP contribution >= 0.6 is 27.3 Å². The Morgan fingerprint density at radius 2 is 2.17 bits per heavy atom. The maximum absolute atomic E-state index is 12.4. The molecule has 3 rings (SSSR count). The molecule has 1 aromatic carbocycles. The van der Waals surface area contributed by atoms with Crippen molar-refractivity contribution in [1.29, 1.82) is 0 Å². The molecule has 2 heterocycles. The second kappa shape index (κ2) is 7.14. The topological polar surface area (TPSA) is 74.5 Å².